The molecule has 0 atom stereocenters. The van der Waals surface area contributed by atoms with Crippen LogP contribution in [0.4, 0.5) is 25.0 Å². The number of carbonyl (C=O) groups is 1. The third-order valence-electron chi connectivity index (χ3n) is 2.47. The number of hydrogen-bond donors (Lipinski definition) is 3. The number of hydrogen-bond acceptors (Lipinski definition) is 4. The van der Waals surface area contributed by atoms with E-state index in [2.05, 4.69) is 10.6 Å². The molecule has 0 bridgehead atoms. The molecule has 0 spiro atoms. The Kier molecular flexibility index (Phi) is 5.78. The number of nitrogens with zero attached hydrogens (tertiary/aromatic N) is 1. The average molecular weight is 315 g/mol. The van der Waals surface area contributed by atoms with E-state index in [4.69, 9.17) is 10.1 Å². The van der Waals surface area contributed by atoms with E-state index in [1.807, 2.05) is 0 Å². The molecule has 0 radical (unpaired) electrons. The van der Waals surface area contributed by atoms with E-state index in [1.165, 1.54) is 0 Å². The molecule has 22 heavy (non-hydrogen) atoms. The minimum absolute atomic E-state index is 0.296. The molecule has 1 rings (SSSR count). The van der Waals surface area contributed by atoms with Crippen LogP contribution >= 0.6 is 0 Å². The Balaban J connectivity index is 3.03. The summed E-state index contributed by atoms with van der Waals surface area (Å²) >= 11 is 0. The van der Waals surface area contributed by atoms with Crippen molar-refractivity contribution in [2.24, 2.45) is 7.05 Å². The maximum atomic E-state index is 12.3. The second-order valence-electron chi connectivity index (χ2n) is 5.71. The zero-order chi connectivity index (χ0) is 16.9. The number of nitrogens with one attached hydrogen (secondary N) is 3. The lowest BCUT2D eigenvalue weighted by atomic mass is 10.2. The van der Waals surface area contributed by atoms with Gasteiger partial charge in [-0.25, -0.2) is 18.1 Å². The van der Waals surface area contributed by atoms with Crippen molar-refractivity contribution in [3.63, 3.8) is 0 Å². The Morgan fingerprint density at radius 2 is 2.00 bits per heavy atom. The third kappa shape index (κ3) is 5.63. The Labute approximate surface area is 128 Å². The van der Waals surface area contributed by atoms with E-state index in [9.17, 15) is 13.6 Å². The zero-order valence-electron chi connectivity index (χ0n) is 13.0. The van der Waals surface area contributed by atoms with Crippen molar-refractivity contribution < 1.29 is 22.9 Å². The van der Waals surface area contributed by atoms with Gasteiger partial charge in [-0.2, -0.15) is 0 Å². The molecular formula is C14H21F2N4O2+. The highest BCUT2D eigenvalue weighted by atomic mass is 19.3. The molecule has 0 unspecified atom stereocenters. The first-order valence-electron chi connectivity index (χ1n) is 6.68. The van der Waals surface area contributed by atoms with Crippen molar-refractivity contribution in [1.82, 2.24) is 0 Å². The summed E-state index contributed by atoms with van der Waals surface area (Å²) in [6.45, 7) is 4.64. The predicted octanol–water partition coefficient (Wildman–Crippen LogP) is 2.53. The predicted molar refractivity (Wildman–Crippen MR) is 79.9 cm³/mol. The fraction of sp³-hybridized carbons (Fsp3) is 0.500. The van der Waals surface area contributed by atoms with Crippen LogP contribution < -0.4 is 15.2 Å². The maximum absolute atomic E-state index is 12.3. The van der Waals surface area contributed by atoms with Gasteiger partial charge in [-0.05, 0) is 20.8 Å². The highest BCUT2D eigenvalue weighted by Crippen LogP contribution is 2.21. The Bertz CT molecular complexity index is 557. The Morgan fingerprint density at radius 1 is 1.41 bits per heavy atom. The molecule has 1 heterocycles. The monoisotopic (exact) mass is 315 g/mol. The maximum Gasteiger partial charge on any atom is 0.412 e. The van der Waals surface area contributed by atoms with Gasteiger partial charge in [0.25, 0.3) is 6.43 Å². The standard InChI is InChI=1S/C14H20F2N4O2/c1-14(2,3)22-13(21)19-11-8-20(4)7-10(9(11)5-17)18-6-12(15)16/h5,7-8,12H,6H2,1-4H3,(H2-,17,18,19,21)/p+1. The first-order valence-corrected chi connectivity index (χ1v) is 6.68. The summed E-state index contributed by atoms with van der Waals surface area (Å²) in [6, 6.07) is 0. The van der Waals surface area contributed by atoms with Gasteiger partial charge in [-0.15, -0.1) is 0 Å². The molecule has 6 nitrogen and oxygen atoms in total. The lowest BCUT2D eigenvalue weighted by Crippen LogP contribution is -2.32. The van der Waals surface area contributed by atoms with Gasteiger partial charge in [0.05, 0.1) is 12.1 Å². The van der Waals surface area contributed by atoms with E-state index in [1.54, 1.807) is 44.8 Å². The molecule has 0 aromatic carbocycles. The van der Waals surface area contributed by atoms with Crippen molar-refractivity contribution in [3.05, 3.63) is 18.0 Å². The molecule has 0 saturated carbocycles. The van der Waals surface area contributed by atoms with Gasteiger partial charge in [-0.3, -0.25) is 5.32 Å². The first-order chi connectivity index (χ1) is 10.1. The van der Waals surface area contributed by atoms with Crippen LogP contribution in [0, 0.1) is 5.41 Å². The molecule has 0 aliphatic rings. The molecule has 122 valence electrons. The normalized spacial score (nSPS) is 11.2. The highest BCUT2D eigenvalue weighted by molar-refractivity contribution is 5.97. The van der Waals surface area contributed by atoms with Crippen LogP contribution in [0.3, 0.4) is 0 Å². The number of aryl methyl sites for hydroxylation is 1. The number of halogens is 2. The number of amides is 1. The number of anilines is 2. The van der Waals surface area contributed by atoms with E-state index < -0.39 is 24.7 Å². The van der Waals surface area contributed by atoms with Gasteiger partial charge in [0.2, 0.25) is 0 Å². The second kappa shape index (κ2) is 7.15. The first kappa shape index (κ1) is 17.8. The molecule has 1 aromatic heterocycles. The summed E-state index contributed by atoms with van der Waals surface area (Å²) in [6.07, 6.45) is 0.912. The molecule has 0 fully saturated rings. The topological polar surface area (TPSA) is 78.1 Å². The average Bonchev–Trinajstić information content (AvgIpc) is 2.33. The summed E-state index contributed by atoms with van der Waals surface area (Å²) in [5, 5.41) is 12.5. The molecule has 0 aliphatic heterocycles. The van der Waals surface area contributed by atoms with Gasteiger partial charge in [0.15, 0.2) is 12.4 Å². The minimum atomic E-state index is -2.52. The van der Waals surface area contributed by atoms with Crippen molar-refractivity contribution in [3.8, 4) is 0 Å². The molecular weight excluding hydrogens is 294 g/mol. The van der Waals surface area contributed by atoms with E-state index in [0.717, 1.165) is 6.21 Å². The summed E-state index contributed by atoms with van der Waals surface area (Å²) < 4.78 is 31.4. The molecule has 3 N–H and O–H groups in total. The summed E-state index contributed by atoms with van der Waals surface area (Å²) in [5.74, 6) is 0. The lowest BCUT2D eigenvalue weighted by molar-refractivity contribution is -0.670. The third-order valence-corrected chi connectivity index (χ3v) is 2.47. The fourth-order valence-electron chi connectivity index (χ4n) is 1.73. The van der Waals surface area contributed by atoms with Crippen molar-refractivity contribution in [2.45, 2.75) is 32.8 Å². The van der Waals surface area contributed by atoms with Crippen LogP contribution in [0.2, 0.25) is 0 Å². The van der Waals surface area contributed by atoms with Gasteiger partial charge in [0, 0.05) is 6.21 Å². The largest absolute Gasteiger partial charge is 0.444 e. The van der Waals surface area contributed by atoms with Crippen LogP contribution in [0.5, 0.6) is 0 Å². The van der Waals surface area contributed by atoms with Gasteiger partial charge in [0.1, 0.15) is 24.0 Å². The number of pyridine rings is 1. The minimum Gasteiger partial charge on any atom is -0.444 e. The SMILES string of the molecule is C[n+]1cc(NCC(F)F)c(C=N)c(NC(=O)OC(C)(C)C)c1. The van der Waals surface area contributed by atoms with Crippen LogP contribution in [0.15, 0.2) is 12.4 Å². The number of alkyl halides is 2. The summed E-state index contributed by atoms with van der Waals surface area (Å²) in [7, 11) is 1.68. The van der Waals surface area contributed by atoms with Crippen LogP contribution in [-0.4, -0.2) is 30.9 Å². The molecule has 0 aliphatic carbocycles. The fourth-order valence-corrected chi connectivity index (χ4v) is 1.73. The smallest absolute Gasteiger partial charge is 0.412 e. The van der Waals surface area contributed by atoms with Crippen LogP contribution in [0.1, 0.15) is 26.3 Å². The van der Waals surface area contributed by atoms with Gasteiger partial charge >= 0.3 is 6.09 Å². The van der Waals surface area contributed by atoms with E-state index >= 15 is 0 Å². The number of aromatic nitrogens is 1. The second-order valence-corrected chi connectivity index (χ2v) is 5.71. The van der Waals surface area contributed by atoms with Crippen LogP contribution in [0.25, 0.3) is 0 Å². The molecule has 1 amide bonds. The van der Waals surface area contributed by atoms with Gasteiger partial charge in [-0.1, -0.05) is 0 Å². The highest BCUT2D eigenvalue weighted by Gasteiger charge is 2.20. The number of ether oxygens (including phenoxy) is 1. The van der Waals surface area contributed by atoms with E-state index in [0.29, 0.717) is 16.9 Å². The zero-order valence-corrected chi connectivity index (χ0v) is 13.0. The lowest BCUT2D eigenvalue weighted by Gasteiger charge is -2.20. The van der Waals surface area contributed by atoms with Crippen molar-refractivity contribution in [1.29, 1.82) is 5.41 Å². The Hall–Kier alpha value is -2.25. The molecule has 1 aromatic rings. The number of rotatable bonds is 5. The summed E-state index contributed by atoms with van der Waals surface area (Å²) in [4.78, 5) is 11.8. The number of carbonyl (C=O) groups excluding carboxylic acids is 1. The molecule has 0 saturated heterocycles. The Morgan fingerprint density at radius 3 is 2.50 bits per heavy atom. The van der Waals surface area contributed by atoms with Crippen LogP contribution in [-0.2, 0) is 11.8 Å². The van der Waals surface area contributed by atoms with Crippen molar-refractivity contribution in [2.75, 3.05) is 17.2 Å². The summed E-state index contributed by atoms with van der Waals surface area (Å²) in [5.41, 5.74) is 0.254. The molecule has 8 heteroatoms. The quantitative estimate of drug-likeness (QED) is 0.577. The van der Waals surface area contributed by atoms with E-state index in [-0.39, 0.29) is 0 Å². The van der Waals surface area contributed by atoms with Crippen molar-refractivity contribution >= 4 is 23.7 Å². The van der Waals surface area contributed by atoms with Gasteiger partial charge < -0.3 is 15.5 Å².